The highest BCUT2D eigenvalue weighted by molar-refractivity contribution is 5.55. The van der Waals surface area contributed by atoms with Gasteiger partial charge in [-0.2, -0.15) is 0 Å². The first-order chi connectivity index (χ1) is 9.70. The van der Waals surface area contributed by atoms with E-state index in [1.807, 2.05) is 19.1 Å². The van der Waals surface area contributed by atoms with Gasteiger partial charge in [0.25, 0.3) is 0 Å². The Labute approximate surface area is 119 Å². The normalized spacial score (nSPS) is 12.5. The highest BCUT2D eigenvalue weighted by Crippen LogP contribution is 2.41. The van der Waals surface area contributed by atoms with Crippen LogP contribution in [0.1, 0.15) is 12.5 Å². The molecule has 2 rings (SSSR count). The fourth-order valence-electron chi connectivity index (χ4n) is 1.91. The average Bonchev–Trinajstić information content (AvgIpc) is 2.89. The van der Waals surface area contributed by atoms with Gasteiger partial charge in [-0.05, 0) is 24.6 Å². The van der Waals surface area contributed by atoms with Gasteiger partial charge in [0, 0.05) is 13.1 Å². The second kappa shape index (κ2) is 7.17. The maximum atomic E-state index is 5.42. The van der Waals surface area contributed by atoms with Crippen LogP contribution in [0, 0.1) is 0 Å². The number of hydrogen-bond donors (Lipinski definition) is 1. The van der Waals surface area contributed by atoms with Crippen LogP contribution in [-0.2, 0) is 11.3 Å². The molecule has 1 heterocycles. The molecule has 0 aliphatic carbocycles. The molecule has 20 heavy (non-hydrogen) atoms. The minimum atomic E-state index is 0.247. The molecule has 5 nitrogen and oxygen atoms in total. The van der Waals surface area contributed by atoms with E-state index < -0.39 is 0 Å². The van der Waals surface area contributed by atoms with E-state index in [-0.39, 0.29) is 6.79 Å². The topological polar surface area (TPSA) is 49.0 Å². The molecule has 0 saturated carbocycles. The van der Waals surface area contributed by atoms with Gasteiger partial charge < -0.3 is 24.3 Å². The zero-order valence-electron chi connectivity index (χ0n) is 12.0. The lowest BCUT2D eigenvalue weighted by Gasteiger charge is -2.09. The minimum absolute atomic E-state index is 0.247. The molecule has 110 valence electrons. The van der Waals surface area contributed by atoms with Crippen molar-refractivity contribution in [3.63, 3.8) is 0 Å². The third kappa shape index (κ3) is 3.88. The van der Waals surface area contributed by atoms with Gasteiger partial charge in [0.15, 0.2) is 11.5 Å². The molecular weight excluding hydrogens is 258 g/mol. The number of methoxy groups -OCH3 is 1. The fourth-order valence-corrected chi connectivity index (χ4v) is 1.91. The van der Waals surface area contributed by atoms with Crippen LogP contribution in [0.15, 0.2) is 24.3 Å². The van der Waals surface area contributed by atoms with Crippen LogP contribution >= 0.6 is 0 Å². The quantitative estimate of drug-likeness (QED) is 0.583. The van der Waals surface area contributed by atoms with Gasteiger partial charge >= 0.3 is 0 Å². The smallest absolute Gasteiger partial charge is 0.231 e. The summed E-state index contributed by atoms with van der Waals surface area (Å²) in [6.07, 6.45) is 0. The third-order valence-electron chi connectivity index (χ3n) is 2.82. The van der Waals surface area contributed by atoms with Crippen molar-refractivity contribution in [1.82, 2.24) is 5.32 Å². The zero-order valence-corrected chi connectivity index (χ0v) is 12.0. The summed E-state index contributed by atoms with van der Waals surface area (Å²) in [4.78, 5) is 0. The van der Waals surface area contributed by atoms with Crippen molar-refractivity contribution < 1.29 is 18.9 Å². The molecule has 0 radical (unpaired) electrons. The van der Waals surface area contributed by atoms with E-state index in [1.165, 1.54) is 0 Å². The first kappa shape index (κ1) is 14.7. The first-order valence-corrected chi connectivity index (χ1v) is 6.60. The van der Waals surface area contributed by atoms with Crippen LogP contribution in [0.3, 0.4) is 0 Å². The summed E-state index contributed by atoms with van der Waals surface area (Å²) in [6, 6.07) is 3.92. The Morgan fingerprint density at radius 1 is 1.40 bits per heavy atom. The van der Waals surface area contributed by atoms with Gasteiger partial charge in [0.05, 0.1) is 20.3 Å². The van der Waals surface area contributed by atoms with E-state index in [0.717, 1.165) is 30.0 Å². The summed E-state index contributed by atoms with van der Waals surface area (Å²) < 4.78 is 21.5. The number of fused-ring (bicyclic) bond motifs is 1. The Balaban J connectivity index is 1.80. The summed E-state index contributed by atoms with van der Waals surface area (Å²) >= 11 is 0. The van der Waals surface area contributed by atoms with Gasteiger partial charge in [0.1, 0.15) is 0 Å². The fraction of sp³-hybridized carbons (Fsp3) is 0.467. The summed E-state index contributed by atoms with van der Waals surface area (Å²) in [5, 5.41) is 3.31. The van der Waals surface area contributed by atoms with Gasteiger partial charge in [-0.15, -0.1) is 0 Å². The highest BCUT2D eigenvalue weighted by Gasteiger charge is 2.19. The van der Waals surface area contributed by atoms with Crippen LogP contribution in [0.5, 0.6) is 17.2 Å². The molecule has 1 aromatic carbocycles. The van der Waals surface area contributed by atoms with Crippen molar-refractivity contribution in [1.29, 1.82) is 0 Å². The number of ether oxygens (including phenoxy) is 4. The summed E-state index contributed by atoms with van der Waals surface area (Å²) in [6.45, 7) is 8.77. The Bertz CT molecular complexity index is 473. The lowest BCUT2D eigenvalue weighted by Crippen LogP contribution is -2.19. The average molecular weight is 279 g/mol. The molecule has 0 unspecified atom stereocenters. The second-order valence-electron chi connectivity index (χ2n) is 4.72. The molecule has 0 aromatic heterocycles. The number of rotatable bonds is 8. The molecule has 0 atom stereocenters. The van der Waals surface area contributed by atoms with Crippen LogP contribution < -0.4 is 19.5 Å². The molecule has 0 bridgehead atoms. The molecule has 0 saturated heterocycles. The third-order valence-corrected chi connectivity index (χ3v) is 2.82. The molecule has 0 fully saturated rings. The predicted octanol–water partition coefficient (Wildman–Crippen LogP) is 2.11. The lowest BCUT2D eigenvalue weighted by atomic mass is 10.2. The Morgan fingerprint density at radius 2 is 2.25 bits per heavy atom. The van der Waals surface area contributed by atoms with E-state index in [1.54, 1.807) is 7.11 Å². The lowest BCUT2D eigenvalue weighted by molar-refractivity contribution is 0.157. The number of benzene rings is 1. The van der Waals surface area contributed by atoms with Gasteiger partial charge in [-0.3, -0.25) is 0 Å². The molecule has 0 amide bonds. The molecule has 1 N–H and O–H groups in total. The van der Waals surface area contributed by atoms with Crippen LogP contribution in [-0.4, -0.2) is 33.7 Å². The SMILES string of the molecule is C=C(C)COCCNCc1cc(OC)c2c(c1)OCO2. The summed E-state index contributed by atoms with van der Waals surface area (Å²) in [7, 11) is 1.62. The van der Waals surface area contributed by atoms with Crippen LogP contribution in [0.2, 0.25) is 0 Å². The molecule has 0 spiro atoms. The standard InChI is InChI=1S/C15H21NO4/c1-11(2)9-18-5-4-16-8-12-6-13(17-3)15-14(7-12)19-10-20-15/h6-7,16H,1,4-5,8-10H2,2-3H3. The van der Waals surface area contributed by atoms with E-state index in [2.05, 4.69) is 11.9 Å². The monoisotopic (exact) mass is 279 g/mol. The van der Waals surface area contributed by atoms with E-state index in [9.17, 15) is 0 Å². The van der Waals surface area contributed by atoms with Crippen molar-refractivity contribution in [2.45, 2.75) is 13.5 Å². The maximum absolute atomic E-state index is 5.42. The minimum Gasteiger partial charge on any atom is -0.493 e. The molecule has 1 aromatic rings. The van der Waals surface area contributed by atoms with E-state index >= 15 is 0 Å². The highest BCUT2D eigenvalue weighted by atomic mass is 16.7. The summed E-state index contributed by atoms with van der Waals surface area (Å²) in [5.74, 6) is 2.12. The Morgan fingerprint density at radius 3 is 3.00 bits per heavy atom. The number of hydrogen-bond acceptors (Lipinski definition) is 5. The zero-order chi connectivity index (χ0) is 14.4. The Hall–Kier alpha value is -1.72. The van der Waals surface area contributed by atoms with Crippen molar-refractivity contribution >= 4 is 0 Å². The molecule has 1 aliphatic heterocycles. The molecule has 1 aliphatic rings. The molecule has 5 heteroatoms. The predicted molar refractivity (Wildman–Crippen MR) is 76.5 cm³/mol. The summed E-state index contributed by atoms with van der Waals surface area (Å²) in [5.41, 5.74) is 2.12. The van der Waals surface area contributed by atoms with Gasteiger partial charge in [-0.1, -0.05) is 12.2 Å². The number of nitrogens with one attached hydrogen (secondary N) is 1. The van der Waals surface area contributed by atoms with Gasteiger partial charge in [-0.25, -0.2) is 0 Å². The largest absolute Gasteiger partial charge is 0.493 e. The second-order valence-corrected chi connectivity index (χ2v) is 4.72. The maximum Gasteiger partial charge on any atom is 0.231 e. The van der Waals surface area contributed by atoms with Crippen LogP contribution in [0.4, 0.5) is 0 Å². The molecular formula is C15H21NO4. The van der Waals surface area contributed by atoms with Gasteiger partial charge in [0.2, 0.25) is 12.5 Å². The van der Waals surface area contributed by atoms with Crippen LogP contribution in [0.25, 0.3) is 0 Å². The van der Waals surface area contributed by atoms with Crippen molar-refractivity contribution in [3.05, 3.63) is 29.8 Å². The Kier molecular flexibility index (Phi) is 5.26. The van der Waals surface area contributed by atoms with E-state index in [0.29, 0.717) is 24.7 Å². The van der Waals surface area contributed by atoms with Crippen molar-refractivity contribution in [2.75, 3.05) is 33.7 Å². The van der Waals surface area contributed by atoms with E-state index in [4.69, 9.17) is 18.9 Å². The first-order valence-electron chi connectivity index (χ1n) is 6.60. The van der Waals surface area contributed by atoms with Crippen molar-refractivity contribution in [3.8, 4) is 17.2 Å². The van der Waals surface area contributed by atoms with Crippen molar-refractivity contribution in [2.24, 2.45) is 0 Å².